The van der Waals surface area contributed by atoms with E-state index in [4.69, 9.17) is 14.2 Å². The molecule has 0 aromatic heterocycles. The maximum absolute atomic E-state index is 12.4. The van der Waals surface area contributed by atoms with E-state index in [0.29, 0.717) is 22.8 Å². The van der Waals surface area contributed by atoms with Crippen molar-refractivity contribution in [3.8, 4) is 11.5 Å². The fraction of sp³-hybridized carbons (Fsp3) is 0.263. The number of carbonyl (C=O) groups is 2. The van der Waals surface area contributed by atoms with E-state index in [9.17, 15) is 9.59 Å². The third kappa shape index (κ3) is 2.71. The molecule has 2 aromatic rings. The zero-order valence-corrected chi connectivity index (χ0v) is 14.4. The second-order valence-electron chi connectivity index (χ2n) is 6.10. The first kappa shape index (κ1) is 16.3. The largest absolute Gasteiger partial charge is 0.463 e. The van der Waals surface area contributed by atoms with Crippen LogP contribution in [0.1, 0.15) is 25.5 Å². The van der Waals surface area contributed by atoms with Gasteiger partial charge in [-0.3, -0.25) is 0 Å². The van der Waals surface area contributed by atoms with Crippen molar-refractivity contribution >= 4 is 22.8 Å². The number of rotatable bonds is 3. The molecule has 1 atom stereocenters. The van der Waals surface area contributed by atoms with Crippen LogP contribution in [0, 0.1) is 0 Å². The quantitative estimate of drug-likeness (QED) is 0.828. The SMILES string of the molecule is CCOC(=O)C1=C(C)NC(=O)NC1c1ccc2cc3c(cc2c1)OCO3. The Bertz CT molecular complexity index is 950. The lowest BCUT2D eigenvalue weighted by atomic mass is 9.93. The minimum absolute atomic E-state index is 0.206. The number of carbonyl (C=O) groups excluding carboxylic acids is 2. The summed E-state index contributed by atoms with van der Waals surface area (Å²) in [5, 5.41) is 7.35. The molecule has 0 saturated carbocycles. The summed E-state index contributed by atoms with van der Waals surface area (Å²) in [4.78, 5) is 24.4. The van der Waals surface area contributed by atoms with E-state index in [1.54, 1.807) is 13.8 Å². The predicted octanol–water partition coefficient (Wildman–Crippen LogP) is 2.76. The third-order valence-corrected chi connectivity index (χ3v) is 4.45. The molecule has 0 radical (unpaired) electrons. The molecule has 0 bridgehead atoms. The molecular formula is C19H18N2O5. The molecule has 2 N–H and O–H groups in total. The highest BCUT2D eigenvalue weighted by Crippen LogP contribution is 2.37. The maximum atomic E-state index is 12.4. The normalized spacial score (nSPS) is 18.5. The van der Waals surface area contributed by atoms with Crippen molar-refractivity contribution in [2.45, 2.75) is 19.9 Å². The van der Waals surface area contributed by atoms with E-state index in [-0.39, 0.29) is 19.4 Å². The van der Waals surface area contributed by atoms with Gasteiger partial charge in [0.25, 0.3) is 0 Å². The zero-order chi connectivity index (χ0) is 18.3. The topological polar surface area (TPSA) is 85.9 Å². The summed E-state index contributed by atoms with van der Waals surface area (Å²) in [5.41, 5.74) is 1.67. The van der Waals surface area contributed by atoms with Crippen molar-refractivity contribution < 1.29 is 23.8 Å². The Morgan fingerprint density at radius 2 is 1.92 bits per heavy atom. The van der Waals surface area contributed by atoms with Gasteiger partial charge in [0.15, 0.2) is 11.5 Å². The number of hydrogen-bond acceptors (Lipinski definition) is 5. The smallest absolute Gasteiger partial charge is 0.338 e. The van der Waals surface area contributed by atoms with Crippen molar-refractivity contribution in [2.75, 3.05) is 13.4 Å². The summed E-state index contributed by atoms with van der Waals surface area (Å²) in [7, 11) is 0. The molecule has 1 unspecified atom stereocenters. The van der Waals surface area contributed by atoms with Gasteiger partial charge in [0.05, 0.1) is 18.2 Å². The first-order chi connectivity index (χ1) is 12.6. The lowest BCUT2D eigenvalue weighted by Crippen LogP contribution is -2.45. The van der Waals surface area contributed by atoms with Gasteiger partial charge >= 0.3 is 12.0 Å². The number of nitrogens with one attached hydrogen (secondary N) is 2. The first-order valence-electron chi connectivity index (χ1n) is 8.35. The Morgan fingerprint density at radius 3 is 2.65 bits per heavy atom. The Balaban J connectivity index is 1.79. The Morgan fingerprint density at radius 1 is 1.19 bits per heavy atom. The number of fused-ring (bicyclic) bond motifs is 2. The fourth-order valence-corrected chi connectivity index (χ4v) is 3.26. The summed E-state index contributed by atoms with van der Waals surface area (Å²) >= 11 is 0. The molecule has 26 heavy (non-hydrogen) atoms. The molecular weight excluding hydrogens is 336 g/mol. The monoisotopic (exact) mass is 354 g/mol. The molecule has 0 saturated heterocycles. The van der Waals surface area contributed by atoms with E-state index in [2.05, 4.69) is 10.6 Å². The summed E-state index contributed by atoms with van der Waals surface area (Å²) in [6.07, 6.45) is 0. The lowest BCUT2D eigenvalue weighted by Gasteiger charge is -2.28. The number of ether oxygens (including phenoxy) is 3. The van der Waals surface area contributed by atoms with Crippen molar-refractivity contribution in [3.05, 3.63) is 47.2 Å². The Labute approximate surface area is 149 Å². The molecule has 2 aliphatic rings. The Hall–Kier alpha value is -3.22. The van der Waals surface area contributed by atoms with Gasteiger partial charge in [-0.15, -0.1) is 0 Å². The van der Waals surface area contributed by atoms with Crippen LogP contribution in [0.15, 0.2) is 41.6 Å². The summed E-state index contributed by atoms with van der Waals surface area (Å²) in [6.45, 7) is 3.91. The van der Waals surface area contributed by atoms with E-state index in [1.807, 2.05) is 30.3 Å². The molecule has 134 valence electrons. The highest BCUT2D eigenvalue weighted by atomic mass is 16.7. The summed E-state index contributed by atoms with van der Waals surface area (Å²) in [6, 6.07) is 8.61. The van der Waals surface area contributed by atoms with Gasteiger partial charge in [-0.1, -0.05) is 12.1 Å². The number of urea groups is 1. The van der Waals surface area contributed by atoms with Crippen LogP contribution in [0.5, 0.6) is 11.5 Å². The van der Waals surface area contributed by atoms with Crippen LogP contribution in [-0.4, -0.2) is 25.4 Å². The molecule has 2 aliphatic heterocycles. The average molecular weight is 354 g/mol. The van der Waals surface area contributed by atoms with Crippen molar-refractivity contribution in [3.63, 3.8) is 0 Å². The van der Waals surface area contributed by atoms with Gasteiger partial charge in [-0.25, -0.2) is 9.59 Å². The molecule has 4 rings (SSSR count). The second-order valence-corrected chi connectivity index (χ2v) is 6.10. The number of amides is 2. The van der Waals surface area contributed by atoms with Gasteiger partial charge in [-0.2, -0.15) is 0 Å². The van der Waals surface area contributed by atoms with Crippen LogP contribution in [0.25, 0.3) is 10.8 Å². The minimum Gasteiger partial charge on any atom is -0.463 e. The van der Waals surface area contributed by atoms with Gasteiger partial charge < -0.3 is 24.8 Å². The lowest BCUT2D eigenvalue weighted by molar-refractivity contribution is -0.139. The van der Waals surface area contributed by atoms with Crippen LogP contribution < -0.4 is 20.1 Å². The van der Waals surface area contributed by atoms with Crippen molar-refractivity contribution in [1.29, 1.82) is 0 Å². The van der Waals surface area contributed by atoms with Crippen LogP contribution >= 0.6 is 0 Å². The molecule has 7 heteroatoms. The highest BCUT2D eigenvalue weighted by Gasteiger charge is 2.32. The number of hydrogen-bond donors (Lipinski definition) is 2. The predicted molar refractivity (Wildman–Crippen MR) is 93.8 cm³/mol. The molecule has 0 fully saturated rings. The van der Waals surface area contributed by atoms with Crippen LogP contribution in [0.2, 0.25) is 0 Å². The van der Waals surface area contributed by atoms with Crippen LogP contribution in [0.3, 0.4) is 0 Å². The Kier molecular flexibility index (Phi) is 3.91. The van der Waals surface area contributed by atoms with Crippen LogP contribution in [-0.2, 0) is 9.53 Å². The molecule has 0 spiro atoms. The van der Waals surface area contributed by atoms with E-state index >= 15 is 0 Å². The molecule has 0 aliphatic carbocycles. The number of allylic oxidation sites excluding steroid dienone is 1. The standard InChI is InChI=1S/C19H18N2O5/c1-3-24-18(22)16-10(2)20-19(23)21-17(16)12-5-4-11-7-14-15(26-9-25-14)8-13(11)6-12/h4-8,17H,3,9H2,1-2H3,(H2,20,21,23). The van der Waals surface area contributed by atoms with Gasteiger partial charge in [0, 0.05) is 5.70 Å². The van der Waals surface area contributed by atoms with Gasteiger partial charge in [-0.05, 0) is 48.4 Å². The first-order valence-corrected chi connectivity index (χ1v) is 8.35. The summed E-state index contributed by atoms with van der Waals surface area (Å²) < 4.78 is 16.0. The zero-order valence-electron chi connectivity index (χ0n) is 14.4. The number of esters is 1. The van der Waals surface area contributed by atoms with Crippen molar-refractivity contribution in [2.24, 2.45) is 0 Å². The van der Waals surface area contributed by atoms with E-state index < -0.39 is 12.0 Å². The number of benzene rings is 2. The van der Waals surface area contributed by atoms with Crippen molar-refractivity contribution in [1.82, 2.24) is 10.6 Å². The molecule has 7 nitrogen and oxygen atoms in total. The molecule has 2 heterocycles. The summed E-state index contributed by atoms with van der Waals surface area (Å²) in [5.74, 6) is 0.943. The van der Waals surface area contributed by atoms with E-state index in [1.165, 1.54) is 0 Å². The van der Waals surface area contributed by atoms with Gasteiger partial charge in [0.2, 0.25) is 6.79 Å². The minimum atomic E-state index is -0.586. The van der Waals surface area contributed by atoms with Gasteiger partial charge in [0.1, 0.15) is 0 Å². The second kappa shape index (κ2) is 6.25. The average Bonchev–Trinajstić information content (AvgIpc) is 3.05. The molecule has 2 amide bonds. The molecule has 2 aromatic carbocycles. The van der Waals surface area contributed by atoms with Crippen LogP contribution in [0.4, 0.5) is 4.79 Å². The third-order valence-electron chi connectivity index (χ3n) is 4.45. The highest BCUT2D eigenvalue weighted by molar-refractivity contribution is 5.95. The van der Waals surface area contributed by atoms with E-state index in [0.717, 1.165) is 16.3 Å². The fourth-order valence-electron chi connectivity index (χ4n) is 3.26. The maximum Gasteiger partial charge on any atom is 0.338 e.